The molecule has 0 bridgehead atoms. The topological polar surface area (TPSA) is 64.1 Å². The number of amides is 1. The first-order valence-electron chi connectivity index (χ1n) is 7.99. The van der Waals surface area contributed by atoms with E-state index in [-0.39, 0.29) is 5.91 Å². The zero-order valence-corrected chi connectivity index (χ0v) is 14.8. The standard InChI is InChI=1S/C19H19N3O2S/c1-24-17-4-2-14(3-5-17)12-18(23)21-11-8-16-13-25-19(22-16)15-6-9-20-10-7-15/h2-7,9-10,13H,8,11-12H2,1H3,(H,21,23). The number of methoxy groups -OCH3 is 1. The van der Waals surface area contributed by atoms with Gasteiger partial charge in [0, 0.05) is 36.3 Å². The Hall–Kier alpha value is -2.73. The maximum Gasteiger partial charge on any atom is 0.224 e. The van der Waals surface area contributed by atoms with Crippen LogP contribution in [0.15, 0.2) is 54.2 Å². The van der Waals surface area contributed by atoms with Crippen LogP contribution >= 0.6 is 11.3 Å². The third-order valence-electron chi connectivity index (χ3n) is 3.71. The first-order chi connectivity index (χ1) is 12.2. The van der Waals surface area contributed by atoms with E-state index in [9.17, 15) is 4.79 Å². The normalized spacial score (nSPS) is 10.4. The molecule has 3 aromatic rings. The van der Waals surface area contributed by atoms with Crippen molar-refractivity contribution >= 4 is 17.2 Å². The van der Waals surface area contributed by atoms with Crippen LogP contribution in [0, 0.1) is 0 Å². The Morgan fingerprint density at radius 3 is 2.64 bits per heavy atom. The van der Waals surface area contributed by atoms with Crippen molar-refractivity contribution in [3.05, 3.63) is 65.4 Å². The van der Waals surface area contributed by atoms with Crippen LogP contribution in [-0.2, 0) is 17.6 Å². The van der Waals surface area contributed by atoms with Gasteiger partial charge in [-0.2, -0.15) is 0 Å². The molecule has 1 aromatic carbocycles. The van der Waals surface area contributed by atoms with E-state index in [4.69, 9.17) is 4.74 Å². The Kier molecular flexibility index (Phi) is 5.74. The van der Waals surface area contributed by atoms with E-state index in [0.29, 0.717) is 13.0 Å². The molecule has 0 aliphatic rings. The SMILES string of the molecule is COc1ccc(CC(=O)NCCc2csc(-c3ccncc3)n2)cc1. The minimum Gasteiger partial charge on any atom is -0.497 e. The minimum atomic E-state index is 0.00903. The van der Waals surface area contributed by atoms with E-state index in [2.05, 4.69) is 15.3 Å². The Morgan fingerprint density at radius 1 is 1.16 bits per heavy atom. The first kappa shape index (κ1) is 17.1. The van der Waals surface area contributed by atoms with Crippen molar-refractivity contribution in [2.45, 2.75) is 12.8 Å². The summed E-state index contributed by atoms with van der Waals surface area (Å²) in [5, 5.41) is 5.95. The zero-order chi connectivity index (χ0) is 17.5. The predicted molar refractivity (Wildman–Crippen MR) is 98.8 cm³/mol. The van der Waals surface area contributed by atoms with Crippen LogP contribution in [0.2, 0.25) is 0 Å². The first-order valence-corrected chi connectivity index (χ1v) is 8.87. The molecule has 0 aliphatic heterocycles. The number of aromatic nitrogens is 2. The van der Waals surface area contributed by atoms with Crippen LogP contribution in [-0.4, -0.2) is 29.5 Å². The number of carbonyl (C=O) groups is 1. The van der Waals surface area contributed by atoms with Crippen LogP contribution in [0.4, 0.5) is 0 Å². The predicted octanol–water partition coefficient (Wildman–Crippen LogP) is 3.12. The third kappa shape index (κ3) is 4.87. The Balaban J connectivity index is 1.46. The molecule has 25 heavy (non-hydrogen) atoms. The van der Waals surface area contributed by atoms with Crippen molar-refractivity contribution in [2.75, 3.05) is 13.7 Å². The fraction of sp³-hybridized carbons (Fsp3) is 0.211. The molecule has 0 radical (unpaired) electrons. The molecule has 1 amide bonds. The molecule has 0 unspecified atom stereocenters. The van der Waals surface area contributed by atoms with Gasteiger partial charge in [-0.15, -0.1) is 11.3 Å². The van der Waals surface area contributed by atoms with Crippen molar-refractivity contribution in [1.29, 1.82) is 0 Å². The summed E-state index contributed by atoms with van der Waals surface area (Å²) in [6.07, 6.45) is 4.60. The third-order valence-corrected chi connectivity index (χ3v) is 4.65. The van der Waals surface area contributed by atoms with Gasteiger partial charge in [0.25, 0.3) is 0 Å². The Bertz CT molecular complexity index is 816. The molecule has 1 N–H and O–H groups in total. The molecule has 2 aromatic heterocycles. The highest BCUT2D eigenvalue weighted by Gasteiger charge is 2.06. The number of nitrogens with zero attached hydrogens (tertiary/aromatic N) is 2. The molecule has 0 spiro atoms. The summed E-state index contributed by atoms with van der Waals surface area (Å²) in [5.41, 5.74) is 3.02. The fourth-order valence-corrected chi connectivity index (χ4v) is 3.23. The van der Waals surface area contributed by atoms with E-state index in [0.717, 1.165) is 34.0 Å². The van der Waals surface area contributed by atoms with Crippen molar-refractivity contribution in [3.63, 3.8) is 0 Å². The van der Waals surface area contributed by atoms with Crippen LogP contribution < -0.4 is 10.1 Å². The van der Waals surface area contributed by atoms with Gasteiger partial charge in [-0.3, -0.25) is 9.78 Å². The summed E-state index contributed by atoms with van der Waals surface area (Å²) in [6, 6.07) is 11.4. The van der Waals surface area contributed by atoms with Gasteiger partial charge in [-0.05, 0) is 29.8 Å². The number of nitrogens with one attached hydrogen (secondary N) is 1. The monoisotopic (exact) mass is 353 g/mol. The largest absolute Gasteiger partial charge is 0.497 e. The number of thiazole rings is 1. The van der Waals surface area contributed by atoms with E-state index in [1.807, 2.05) is 41.8 Å². The van der Waals surface area contributed by atoms with Crippen LogP contribution in [0.1, 0.15) is 11.3 Å². The maximum absolute atomic E-state index is 12.0. The van der Waals surface area contributed by atoms with Gasteiger partial charge < -0.3 is 10.1 Å². The lowest BCUT2D eigenvalue weighted by atomic mass is 10.1. The number of carbonyl (C=O) groups excluding carboxylic acids is 1. The summed E-state index contributed by atoms with van der Waals surface area (Å²) in [5.74, 6) is 0.799. The molecular weight excluding hydrogens is 334 g/mol. The average molecular weight is 353 g/mol. The molecule has 0 aliphatic carbocycles. The lowest BCUT2D eigenvalue weighted by molar-refractivity contribution is -0.120. The van der Waals surface area contributed by atoms with Gasteiger partial charge in [0.15, 0.2) is 0 Å². The fourth-order valence-electron chi connectivity index (χ4n) is 2.37. The lowest BCUT2D eigenvalue weighted by Gasteiger charge is -2.05. The molecule has 5 nitrogen and oxygen atoms in total. The van der Waals surface area contributed by atoms with Gasteiger partial charge in [0.2, 0.25) is 5.91 Å². The van der Waals surface area contributed by atoms with E-state index in [1.165, 1.54) is 0 Å². The molecule has 3 rings (SSSR count). The van der Waals surface area contributed by atoms with E-state index >= 15 is 0 Å². The van der Waals surface area contributed by atoms with Crippen molar-refractivity contribution in [2.24, 2.45) is 0 Å². The number of hydrogen-bond donors (Lipinski definition) is 1. The second-order valence-electron chi connectivity index (χ2n) is 5.50. The quantitative estimate of drug-likeness (QED) is 0.709. The number of pyridine rings is 1. The van der Waals surface area contributed by atoms with E-state index in [1.54, 1.807) is 30.8 Å². The minimum absolute atomic E-state index is 0.00903. The van der Waals surface area contributed by atoms with Gasteiger partial charge in [0.1, 0.15) is 10.8 Å². The zero-order valence-electron chi connectivity index (χ0n) is 13.9. The highest BCUT2D eigenvalue weighted by atomic mass is 32.1. The van der Waals surface area contributed by atoms with Gasteiger partial charge in [-0.1, -0.05) is 12.1 Å². The van der Waals surface area contributed by atoms with Gasteiger partial charge in [-0.25, -0.2) is 4.98 Å². The van der Waals surface area contributed by atoms with Crippen molar-refractivity contribution < 1.29 is 9.53 Å². The van der Waals surface area contributed by atoms with Crippen LogP contribution in [0.5, 0.6) is 5.75 Å². The van der Waals surface area contributed by atoms with Gasteiger partial charge in [0.05, 0.1) is 19.2 Å². The second kappa shape index (κ2) is 8.39. The highest BCUT2D eigenvalue weighted by molar-refractivity contribution is 7.13. The number of ether oxygens (including phenoxy) is 1. The van der Waals surface area contributed by atoms with Crippen molar-refractivity contribution in [3.8, 4) is 16.3 Å². The highest BCUT2D eigenvalue weighted by Crippen LogP contribution is 2.22. The number of hydrogen-bond acceptors (Lipinski definition) is 5. The molecule has 0 fully saturated rings. The summed E-state index contributed by atoms with van der Waals surface area (Å²) < 4.78 is 5.11. The second-order valence-corrected chi connectivity index (χ2v) is 6.36. The van der Waals surface area contributed by atoms with Crippen molar-refractivity contribution in [1.82, 2.24) is 15.3 Å². The Labute approximate surface area is 150 Å². The Morgan fingerprint density at radius 2 is 1.92 bits per heavy atom. The molecule has 6 heteroatoms. The summed E-state index contributed by atoms with van der Waals surface area (Å²) in [4.78, 5) is 20.6. The smallest absolute Gasteiger partial charge is 0.224 e. The molecule has 0 saturated heterocycles. The molecule has 0 atom stereocenters. The van der Waals surface area contributed by atoms with E-state index < -0.39 is 0 Å². The molecule has 128 valence electrons. The molecule has 2 heterocycles. The summed E-state index contributed by atoms with van der Waals surface area (Å²) in [7, 11) is 1.63. The van der Waals surface area contributed by atoms with Crippen LogP contribution in [0.3, 0.4) is 0 Å². The average Bonchev–Trinajstić information content (AvgIpc) is 3.12. The summed E-state index contributed by atoms with van der Waals surface area (Å²) in [6.45, 7) is 0.578. The summed E-state index contributed by atoms with van der Waals surface area (Å²) >= 11 is 1.60. The number of benzene rings is 1. The number of rotatable bonds is 7. The molecular formula is C19H19N3O2S. The molecule has 0 saturated carbocycles. The van der Waals surface area contributed by atoms with Crippen LogP contribution in [0.25, 0.3) is 10.6 Å². The maximum atomic E-state index is 12.0. The lowest BCUT2D eigenvalue weighted by Crippen LogP contribution is -2.27. The van der Waals surface area contributed by atoms with Gasteiger partial charge >= 0.3 is 0 Å².